The van der Waals surface area contributed by atoms with Crippen molar-refractivity contribution < 1.29 is 9.66 Å². The van der Waals surface area contributed by atoms with Crippen molar-refractivity contribution in [1.82, 2.24) is 0 Å². The summed E-state index contributed by atoms with van der Waals surface area (Å²) in [6.45, 7) is 0.653. The molecule has 1 aliphatic heterocycles. The summed E-state index contributed by atoms with van der Waals surface area (Å²) in [5.41, 5.74) is 0.976. The molecule has 0 saturated carbocycles. The van der Waals surface area contributed by atoms with Gasteiger partial charge in [0.2, 0.25) is 0 Å². The van der Waals surface area contributed by atoms with Crippen LogP contribution in [0.3, 0.4) is 0 Å². The monoisotopic (exact) mass is 257 g/mol. The first kappa shape index (κ1) is 9.45. The fourth-order valence-electron chi connectivity index (χ4n) is 1.45. The number of halogens is 1. The molecule has 1 aromatic carbocycles. The lowest BCUT2D eigenvalue weighted by Crippen LogP contribution is -2.10. The fraction of sp³-hybridized carbons (Fsp3) is 0.333. The van der Waals surface area contributed by atoms with Crippen LogP contribution < -0.4 is 4.74 Å². The number of nitro benzene ring substituents is 1. The summed E-state index contributed by atoms with van der Waals surface area (Å²) in [6, 6.07) is 4.68. The second-order valence-electron chi connectivity index (χ2n) is 3.08. The Morgan fingerprint density at radius 1 is 1.57 bits per heavy atom. The first-order valence-corrected chi connectivity index (χ1v) is 5.15. The summed E-state index contributed by atoms with van der Waals surface area (Å²) >= 11 is 3.47. The van der Waals surface area contributed by atoms with Gasteiger partial charge >= 0.3 is 0 Å². The molecule has 1 aromatic rings. The maximum atomic E-state index is 10.5. The highest BCUT2D eigenvalue weighted by Crippen LogP contribution is 2.39. The van der Waals surface area contributed by atoms with E-state index in [1.807, 2.05) is 0 Å². The number of fused-ring (bicyclic) bond motifs is 1. The molecule has 0 radical (unpaired) electrons. The summed E-state index contributed by atoms with van der Waals surface area (Å²) in [4.78, 5) is 10.3. The van der Waals surface area contributed by atoms with Gasteiger partial charge in [0.1, 0.15) is 5.75 Å². The number of alkyl halides is 1. The van der Waals surface area contributed by atoms with Crippen LogP contribution >= 0.6 is 15.9 Å². The quantitative estimate of drug-likeness (QED) is 0.442. The molecule has 5 heteroatoms. The fourth-order valence-corrected chi connectivity index (χ4v) is 2.00. The lowest BCUT2D eigenvalue weighted by Gasteiger charge is -2.21. The summed E-state index contributed by atoms with van der Waals surface area (Å²) in [5.74, 6) is 0.740. The molecule has 1 heterocycles. The standard InChI is InChI=1S/C9H8BrNO3/c10-8-3-4-14-9-2-1-6(11(12)13)5-7(8)9/h1-2,5,8H,3-4H2. The normalized spacial score (nSPS) is 19.6. The Labute approximate surface area is 89.2 Å². The number of benzene rings is 1. The molecule has 0 aromatic heterocycles. The molecule has 2 rings (SSSR count). The molecule has 0 saturated heterocycles. The zero-order chi connectivity index (χ0) is 10.1. The maximum absolute atomic E-state index is 10.5. The van der Waals surface area contributed by atoms with Crippen LogP contribution in [0.5, 0.6) is 5.75 Å². The van der Waals surface area contributed by atoms with E-state index in [0.717, 1.165) is 17.7 Å². The average molecular weight is 258 g/mol. The second-order valence-corrected chi connectivity index (χ2v) is 4.19. The smallest absolute Gasteiger partial charge is 0.270 e. The third-order valence-corrected chi connectivity index (χ3v) is 3.12. The van der Waals surface area contributed by atoms with Crippen molar-refractivity contribution in [3.8, 4) is 5.75 Å². The maximum Gasteiger partial charge on any atom is 0.270 e. The van der Waals surface area contributed by atoms with Gasteiger partial charge in [-0.3, -0.25) is 10.1 Å². The van der Waals surface area contributed by atoms with Gasteiger partial charge in [0, 0.05) is 22.5 Å². The Morgan fingerprint density at radius 3 is 3.07 bits per heavy atom. The van der Waals surface area contributed by atoms with E-state index in [1.165, 1.54) is 6.07 Å². The third-order valence-electron chi connectivity index (χ3n) is 2.17. The molecule has 0 spiro atoms. The zero-order valence-corrected chi connectivity index (χ0v) is 8.86. The lowest BCUT2D eigenvalue weighted by atomic mass is 10.1. The van der Waals surface area contributed by atoms with Gasteiger partial charge in [-0.1, -0.05) is 15.9 Å². The minimum absolute atomic E-state index is 0.110. The molecule has 0 aliphatic carbocycles. The van der Waals surface area contributed by atoms with Gasteiger partial charge in [-0.2, -0.15) is 0 Å². The van der Waals surface area contributed by atoms with Gasteiger partial charge in [-0.25, -0.2) is 0 Å². The van der Waals surface area contributed by atoms with Crippen LogP contribution in [0.25, 0.3) is 0 Å². The van der Waals surface area contributed by atoms with E-state index in [1.54, 1.807) is 12.1 Å². The van der Waals surface area contributed by atoms with Crippen molar-refractivity contribution in [2.24, 2.45) is 0 Å². The van der Waals surface area contributed by atoms with Gasteiger partial charge in [-0.05, 0) is 12.5 Å². The van der Waals surface area contributed by atoms with Crippen molar-refractivity contribution in [3.05, 3.63) is 33.9 Å². The number of hydrogen-bond acceptors (Lipinski definition) is 3. The minimum Gasteiger partial charge on any atom is -0.493 e. The van der Waals surface area contributed by atoms with Crippen LogP contribution in [0.4, 0.5) is 5.69 Å². The van der Waals surface area contributed by atoms with Crippen molar-refractivity contribution >= 4 is 21.6 Å². The molecular weight excluding hydrogens is 250 g/mol. The highest BCUT2D eigenvalue weighted by atomic mass is 79.9. The van der Waals surface area contributed by atoms with Gasteiger partial charge in [0.05, 0.1) is 11.5 Å². The summed E-state index contributed by atoms with van der Waals surface area (Å²) in [6.07, 6.45) is 0.841. The third kappa shape index (κ3) is 1.59. The molecule has 1 atom stereocenters. The van der Waals surface area contributed by atoms with Crippen LogP contribution in [0.2, 0.25) is 0 Å². The van der Waals surface area contributed by atoms with Crippen LogP contribution in [-0.4, -0.2) is 11.5 Å². The first-order chi connectivity index (χ1) is 6.68. The number of nitro groups is 1. The number of hydrogen-bond donors (Lipinski definition) is 0. The van der Waals surface area contributed by atoms with Gasteiger partial charge in [0.25, 0.3) is 5.69 Å². The Hall–Kier alpha value is -1.10. The molecule has 74 valence electrons. The number of nitrogens with zero attached hydrogens (tertiary/aromatic N) is 1. The molecule has 1 aliphatic rings. The van der Waals surface area contributed by atoms with Crippen LogP contribution in [0.15, 0.2) is 18.2 Å². The van der Waals surface area contributed by atoms with Gasteiger partial charge in [-0.15, -0.1) is 0 Å². The van der Waals surface area contributed by atoms with Crippen LogP contribution in [-0.2, 0) is 0 Å². The number of rotatable bonds is 1. The molecular formula is C9H8BrNO3. The molecule has 0 fully saturated rings. The SMILES string of the molecule is O=[N+]([O-])c1ccc2c(c1)C(Br)CCO2. The number of ether oxygens (including phenoxy) is 1. The minimum atomic E-state index is -0.394. The van der Waals surface area contributed by atoms with Crippen LogP contribution in [0, 0.1) is 10.1 Å². The van der Waals surface area contributed by atoms with Gasteiger partial charge < -0.3 is 4.74 Å². The van der Waals surface area contributed by atoms with Crippen molar-refractivity contribution in [1.29, 1.82) is 0 Å². The summed E-state index contributed by atoms with van der Waals surface area (Å²) < 4.78 is 5.38. The Balaban J connectivity index is 2.45. The topological polar surface area (TPSA) is 52.4 Å². The van der Waals surface area contributed by atoms with E-state index in [0.29, 0.717) is 6.61 Å². The predicted molar refractivity (Wildman–Crippen MR) is 54.9 cm³/mol. The predicted octanol–water partition coefficient (Wildman–Crippen LogP) is 2.81. The van der Waals surface area contributed by atoms with E-state index in [-0.39, 0.29) is 10.5 Å². The van der Waals surface area contributed by atoms with Gasteiger partial charge in [0.15, 0.2) is 0 Å². The summed E-state index contributed by atoms with van der Waals surface area (Å²) in [5, 5.41) is 10.5. The lowest BCUT2D eigenvalue weighted by molar-refractivity contribution is -0.385. The molecule has 14 heavy (non-hydrogen) atoms. The van der Waals surface area contributed by atoms with E-state index >= 15 is 0 Å². The zero-order valence-electron chi connectivity index (χ0n) is 7.27. The molecule has 0 N–H and O–H groups in total. The first-order valence-electron chi connectivity index (χ1n) is 4.23. The Morgan fingerprint density at radius 2 is 2.36 bits per heavy atom. The summed E-state index contributed by atoms with van der Waals surface area (Å²) in [7, 11) is 0. The second kappa shape index (κ2) is 3.57. The van der Waals surface area contributed by atoms with Crippen LogP contribution in [0.1, 0.15) is 16.8 Å². The highest BCUT2D eigenvalue weighted by Gasteiger charge is 2.21. The molecule has 0 bridgehead atoms. The van der Waals surface area contributed by atoms with Crippen molar-refractivity contribution in [2.45, 2.75) is 11.2 Å². The van der Waals surface area contributed by atoms with E-state index in [2.05, 4.69) is 15.9 Å². The van der Waals surface area contributed by atoms with Crippen molar-refractivity contribution in [3.63, 3.8) is 0 Å². The number of non-ortho nitro benzene ring substituents is 1. The van der Waals surface area contributed by atoms with E-state index in [9.17, 15) is 10.1 Å². The molecule has 4 nitrogen and oxygen atoms in total. The van der Waals surface area contributed by atoms with E-state index in [4.69, 9.17) is 4.74 Å². The highest BCUT2D eigenvalue weighted by molar-refractivity contribution is 9.09. The van der Waals surface area contributed by atoms with Crippen molar-refractivity contribution in [2.75, 3.05) is 6.61 Å². The van der Waals surface area contributed by atoms with E-state index < -0.39 is 4.92 Å². The Bertz CT molecular complexity index is 380. The molecule has 1 unspecified atom stereocenters. The Kier molecular flexibility index (Phi) is 2.41. The average Bonchev–Trinajstić information content (AvgIpc) is 2.18. The largest absolute Gasteiger partial charge is 0.493 e. The molecule has 0 amide bonds.